The molecular weight excluding hydrogens is 186 g/mol. The molecule has 1 N–H and O–H groups in total. The molecule has 0 radical (unpaired) electrons. The van der Waals surface area contributed by atoms with Crippen LogP contribution in [-0.2, 0) is 9.84 Å². The van der Waals surface area contributed by atoms with Crippen LogP contribution in [0, 0.1) is 11.8 Å². The molecule has 1 aliphatic heterocycles. The first-order valence-electron chi connectivity index (χ1n) is 4.84. The summed E-state index contributed by atoms with van der Waals surface area (Å²) in [6.07, 6.45) is 0.843. The fourth-order valence-electron chi connectivity index (χ4n) is 1.91. The first kappa shape index (κ1) is 11.0. The first-order valence-corrected chi connectivity index (χ1v) is 6.66. The summed E-state index contributed by atoms with van der Waals surface area (Å²) in [6, 6.07) is 0.401. The van der Waals surface area contributed by atoms with Gasteiger partial charge in [0.15, 0.2) is 9.84 Å². The van der Waals surface area contributed by atoms with Gasteiger partial charge in [0.25, 0.3) is 0 Å². The van der Waals surface area contributed by atoms with Gasteiger partial charge in [0.1, 0.15) is 0 Å². The van der Waals surface area contributed by atoms with Crippen LogP contribution in [0.4, 0.5) is 0 Å². The van der Waals surface area contributed by atoms with E-state index in [1.165, 1.54) is 0 Å². The third-order valence-electron chi connectivity index (χ3n) is 3.26. The summed E-state index contributed by atoms with van der Waals surface area (Å²) >= 11 is 0. The summed E-state index contributed by atoms with van der Waals surface area (Å²) in [5.74, 6) is 1.58. The minimum Gasteiger partial charge on any atom is -0.317 e. The van der Waals surface area contributed by atoms with Gasteiger partial charge in [-0.1, -0.05) is 6.92 Å². The second-order valence-corrected chi connectivity index (χ2v) is 6.33. The third-order valence-corrected chi connectivity index (χ3v) is 5.05. The van der Waals surface area contributed by atoms with Gasteiger partial charge < -0.3 is 5.32 Å². The number of rotatable bonds is 3. The van der Waals surface area contributed by atoms with Crippen molar-refractivity contribution in [1.29, 1.82) is 0 Å². The van der Waals surface area contributed by atoms with Gasteiger partial charge in [-0.05, 0) is 32.2 Å². The lowest BCUT2D eigenvalue weighted by Crippen LogP contribution is -2.33. The molecule has 0 bridgehead atoms. The van der Waals surface area contributed by atoms with E-state index in [4.69, 9.17) is 0 Å². The normalized spacial score (nSPS) is 31.5. The molecule has 1 heterocycles. The van der Waals surface area contributed by atoms with Gasteiger partial charge in [-0.3, -0.25) is 0 Å². The molecule has 1 saturated heterocycles. The van der Waals surface area contributed by atoms with Crippen LogP contribution < -0.4 is 5.32 Å². The molecule has 78 valence electrons. The molecule has 13 heavy (non-hydrogen) atoms. The van der Waals surface area contributed by atoms with Crippen molar-refractivity contribution >= 4 is 9.84 Å². The Hall–Kier alpha value is -0.0900. The molecule has 1 rings (SSSR count). The lowest BCUT2D eigenvalue weighted by atomic mass is 9.88. The summed E-state index contributed by atoms with van der Waals surface area (Å²) in [4.78, 5) is 0. The monoisotopic (exact) mass is 205 g/mol. The van der Waals surface area contributed by atoms with Gasteiger partial charge in [0.2, 0.25) is 0 Å². The zero-order chi connectivity index (χ0) is 10.1. The summed E-state index contributed by atoms with van der Waals surface area (Å²) in [5.41, 5.74) is 0. The average molecular weight is 205 g/mol. The molecule has 0 saturated carbocycles. The highest BCUT2D eigenvalue weighted by atomic mass is 32.2. The average Bonchev–Trinajstić information content (AvgIpc) is 2.43. The van der Waals surface area contributed by atoms with Gasteiger partial charge in [-0.2, -0.15) is 0 Å². The molecule has 0 amide bonds. The van der Waals surface area contributed by atoms with Crippen LogP contribution in [0.25, 0.3) is 0 Å². The molecule has 0 aromatic carbocycles. The van der Waals surface area contributed by atoms with Crippen molar-refractivity contribution in [3.05, 3.63) is 0 Å². The SMILES string of the molecule is CNC(C)C(C)C1CCS(=O)(=O)C1. The number of sulfone groups is 1. The highest BCUT2D eigenvalue weighted by molar-refractivity contribution is 7.91. The second kappa shape index (κ2) is 3.96. The van der Waals surface area contributed by atoms with E-state index in [0.29, 0.717) is 29.4 Å². The van der Waals surface area contributed by atoms with Gasteiger partial charge >= 0.3 is 0 Å². The highest BCUT2D eigenvalue weighted by Crippen LogP contribution is 2.27. The fourth-order valence-corrected chi connectivity index (χ4v) is 3.86. The lowest BCUT2D eigenvalue weighted by Gasteiger charge is -2.24. The van der Waals surface area contributed by atoms with Crippen molar-refractivity contribution in [2.45, 2.75) is 26.3 Å². The molecule has 3 unspecified atom stereocenters. The molecular formula is C9H19NO2S. The number of hydrogen-bond acceptors (Lipinski definition) is 3. The van der Waals surface area contributed by atoms with E-state index in [0.717, 1.165) is 6.42 Å². The van der Waals surface area contributed by atoms with E-state index < -0.39 is 9.84 Å². The van der Waals surface area contributed by atoms with E-state index in [1.807, 2.05) is 7.05 Å². The Morgan fingerprint density at radius 3 is 2.38 bits per heavy atom. The largest absolute Gasteiger partial charge is 0.317 e. The summed E-state index contributed by atoms with van der Waals surface area (Å²) < 4.78 is 22.5. The predicted molar refractivity (Wildman–Crippen MR) is 54.4 cm³/mol. The van der Waals surface area contributed by atoms with Crippen LogP contribution in [0.1, 0.15) is 20.3 Å². The van der Waals surface area contributed by atoms with Crippen LogP contribution >= 0.6 is 0 Å². The van der Waals surface area contributed by atoms with Crippen molar-refractivity contribution in [1.82, 2.24) is 5.32 Å². The van der Waals surface area contributed by atoms with Crippen molar-refractivity contribution in [3.8, 4) is 0 Å². The smallest absolute Gasteiger partial charge is 0.150 e. The molecule has 0 aromatic rings. The molecule has 0 spiro atoms. The Labute approximate surface area is 80.8 Å². The summed E-state index contributed by atoms with van der Waals surface area (Å²) in [6.45, 7) is 4.24. The van der Waals surface area contributed by atoms with E-state index in [9.17, 15) is 8.42 Å². The van der Waals surface area contributed by atoms with Gasteiger partial charge in [-0.25, -0.2) is 8.42 Å². The Morgan fingerprint density at radius 1 is 1.38 bits per heavy atom. The zero-order valence-corrected chi connectivity index (χ0v) is 9.39. The molecule has 4 heteroatoms. The topological polar surface area (TPSA) is 46.2 Å². The third kappa shape index (κ3) is 2.68. The molecule has 1 aliphatic rings. The van der Waals surface area contributed by atoms with Crippen LogP contribution in [0.5, 0.6) is 0 Å². The Bertz CT molecular complexity index is 261. The molecule has 1 fully saturated rings. The second-order valence-electron chi connectivity index (χ2n) is 4.10. The Kier molecular flexibility index (Phi) is 3.35. The van der Waals surface area contributed by atoms with Crippen molar-refractivity contribution in [2.75, 3.05) is 18.6 Å². The highest BCUT2D eigenvalue weighted by Gasteiger charge is 2.33. The predicted octanol–water partition coefficient (Wildman–Crippen LogP) is 0.665. The standard InChI is InChI=1S/C9H19NO2S/c1-7(8(2)10-3)9-4-5-13(11,12)6-9/h7-10H,4-6H2,1-3H3. The number of hydrogen-bond donors (Lipinski definition) is 1. The van der Waals surface area contributed by atoms with Crippen molar-refractivity contribution in [2.24, 2.45) is 11.8 Å². The lowest BCUT2D eigenvalue weighted by molar-refractivity contribution is 0.314. The van der Waals surface area contributed by atoms with E-state index in [-0.39, 0.29) is 0 Å². The van der Waals surface area contributed by atoms with Crippen LogP contribution in [0.3, 0.4) is 0 Å². The molecule has 3 nitrogen and oxygen atoms in total. The Balaban J connectivity index is 2.56. The van der Waals surface area contributed by atoms with Gasteiger partial charge in [-0.15, -0.1) is 0 Å². The van der Waals surface area contributed by atoms with E-state index >= 15 is 0 Å². The molecule has 0 aromatic heterocycles. The number of nitrogens with one attached hydrogen (secondary N) is 1. The maximum absolute atomic E-state index is 11.2. The van der Waals surface area contributed by atoms with Crippen LogP contribution in [0.15, 0.2) is 0 Å². The zero-order valence-electron chi connectivity index (χ0n) is 8.58. The first-order chi connectivity index (χ1) is 5.96. The summed E-state index contributed by atoms with van der Waals surface area (Å²) in [7, 11) is -0.789. The maximum atomic E-state index is 11.2. The minimum atomic E-state index is -2.71. The van der Waals surface area contributed by atoms with Crippen LogP contribution in [0.2, 0.25) is 0 Å². The summed E-state index contributed by atoms with van der Waals surface area (Å²) in [5, 5.41) is 3.17. The quantitative estimate of drug-likeness (QED) is 0.736. The molecule has 0 aliphatic carbocycles. The Morgan fingerprint density at radius 2 is 2.00 bits per heavy atom. The van der Waals surface area contributed by atoms with Crippen molar-refractivity contribution in [3.63, 3.8) is 0 Å². The van der Waals surface area contributed by atoms with E-state index in [2.05, 4.69) is 19.2 Å². The molecule has 3 atom stereocenters. The minimum absolute atomic E-state index is 0.354. The van der Waals surface area contributed by atoms with Gasteiger partial charge in [0.05, 0.1) is 11.5 Å². The van der Waals surface area contributed by atoms with Gasteiger partial charge in [0, 0.05) is 6.04 Å². The van der Waals surface area contributed by atoms with Crippen molar-refractivity contribution < 1.29 is 8.42 Å². The van der Waals surface area contributed by atoms with E-state index in [1.54, 1.807) is 0 Å². The van der Waals surface area contributed by atoms with Crippen LogP contribution in [-0.4, -0.2) is 33.0 Å². The maximum Gasteiger partial charge on any atom is 0.150 e. The fraction of sp³-hybridized carbons (Fsp3) is 1.00.